The van der Waals surface area contributed by atoms with Gasteiger partial charge in [-0.2, -0.15) is 13.2 Å². The number of rotatable bonds is 0. The molecule has 0 spiro atoms. The van der Waals surface area contributed by atoms with Gasteiger partial charge in [0.2, 0.25) is 0 Å². The first-order valence-electron chi connectivity index (χ1n) is 6.58. The Morgan fingerprint density at radius 3 is 2.65 bits per heavy atom. The monoisotopic (exact) mass is 348 g/mol. The average molecular weight is 349 g/mol. The highest BCUT2D eigenvalue weighted by molar-refractivity contribution is 6.31. The van der Waals surface area contributed by atoms with E-state index in [1.165, 1.54) is 12.1 Å². The van der Waals surface area contributed by atoms with Gasteiger partial charge in [-0.1, -0.05) is 11.6 Å². The Labute approximate surface area is 131 Å². The second-order valence-corrected chi connectivity index (χ2v) is 5.58. The number of amides is 1. The fraction of sp³-hybridized carbons (Fsp3) is 0.286. The molecule has 0 fully saturated rings. The van der Waals surface area contributed by atoms with Crippen molar-refractivity contribution in [1.82, 2.24) is 9.88 Å². The van der Waals surface area contributed by atoms with E-state index < -0.39 is 29.9 Å². The number of halogens is 5. The van der Waals surface area contributed by atoms with Crippen molar-refractivity contribution in [2.24, 2.45) is 0 Å². The van der Waals surface area contributed by atoms with Gasteiger partial charge >= 0.3 is 12.1 Å². The molecule has 1 N–H and O–H groups in total. The first kappa shape index (κ1) is 15.8. The van der Waals surface area contributed by atoms with E-state index in [-0.39, 0.29) is 34.5 Å². The fourth-order valence-corrected chi connectivity index (χ4v) is 2.80. The molecule has 2 heterocycles. The second kappa shape index (κ2) is 5.23. The number of alkyl halides is 3. The van der Waals surface area contributed by atoms with E-state index in [1.807, 2.05) is 0 Å². The summed E-state index contributed by atoms with van der Waals surface area (Å²) in [7, 11) is 0. The molecule has 3 rings (SSSR count). The molecule has 1 aromatic carbocycles. The van der Waals surface area contributed by atoms with Gasteiger partial charge in [0.15, 0.2) is 11.2 Å². The zero-order chi connectivity index (χ0) is 16.9. The molecule has 4 nitrogen and oxygen atoms in total. The minimum Gasteiger partial charge on any atom is -0.355 e. The van der Waals surface area contributed by atoms with Gasteiger partial charge in [-0.3, -0.25) is 9.59 Å². The predicted octanol–water partition coefficient (Wildman–Crippen LogP) is 2.77. The number of hydrogen-bond acceptors (Lipinski definition) is 2. The molecule has 1 aromatic heterocycles. The van der Waals surface area contributed by atoms with Gasteiger partial charge in [-0.15, -0.1) is 0 Å². The highest BCUT2D eigenvalue weighted by Crippen LogP contribution is 2.26. The van der Waals surface area contributed by atoms with Gasteiger partial charge in [0.25, 0.3) is 0 Å². The van der Waals surface area contributed by atoms with E-state index in [9.17, 15) is 27.2 Å². The number of aromatic amines is 1. The number of carbonyl (C=O) groups excluding carboxylic acids is 1. The van der Waals surface area contributed by atoms with Crippen LogP contribution < -0.4 is 5.43 Å². The van der Waals surface area contributed by atoms with Crippen molar-refractivity contribution in [3.05, 3.63) is 44.5 Å². The molecule has 0 radical (unpaired) electrons. The van der Waals surface area contributed by atoms with E-state index >= 15 is 0 Å². The van der Waals surface area contributed by atoms with E-state index in [4.69, 9.17) is 11.6 Å². The van der Waals surface area contributed by atoms with Crippen LogP contribution in [0.15, 0.2) is 16.9 Å². The molecule has 1 amide bonds. The maximum atomic E-state index is 14.0. The number of fused-ring (bicyclic) bond motifs is 2. The van der Waals surface area contributed by atoms with E-state index in [0.29, 0.717) is 10.6 Å². The highest BCUT2D eigenvalue weighted by Gasteiger charge is 2.43. The molecule has 23 heavy (non-hydrogen) atoms. The molecule has 0 bridgehead atoms. The number of carbonyl (C=O) groups is 1. The topological polar surface area (TPSA) is 53.2 Å². The predicted molar refractivity (Wildman–Crippen MR) is 74.7 cm³/mol. The molecular formula is C14H9ClF4N2O2. The summed E-state index contributed by atoms with van der Waals surface area (Å²) in [5.74, 6) is -2.79. The smallest absolute Gasteiger partial charge is 0.355 e. The maximum absolute atomic E-state index is 14.0. The number of nitrogens with zero attached hydrogens (tertiary/aromatic N) is 1. The normalized spacial score (nSPS) is 14.9. The van der Waals surface area contributed by atoms with Gasteiger partial charge in [0.1, 0.15) is 0 Å². The summed E-state index contributed by atoms with van der Waals surface area (Å²) >= 11 is 5.66. The molecule has 1 aliphatic rings. The third-order valence-corrected chi connectivity index (χ3v) is 4.06. The summed E-state index contributed by atoms with van der Waals surface area (Å²) in [6.45, 7) is -0.682. The maximum Gasteiger partial charge on any atom is 0.471 e. The average Bonchev–Trinajstić information content (AvgIpc) is 2.50. The Hall–Kier alpha value is -2.09. The standard InChI is InChI=1S/C14H9ClF4N2O2/c15-8-2-1-6-11(10(8)16)20-9-3-4-21(5-7(9)12(6)22)13(23)14(17,18)19/h1-2H,3-5H2,(H,20,22). The van der Waals surface area contributed by atoms with E-state index in [0.717, 1.165) is 0 Å². The Kier molecular flexibility index (Phi) is 3.59. The van der Waals surface area contributed by atoms with Crippen molar-refractivity contribution in [2.45, 2.75) is 19.1 Å². The van der Waals surface area contributed by atoms with Crippen LogP contribution in [0.25, 0.3) is 10.9 Å². The first-order chi connectivity index (χ1) is 10.7. The number of H-pyrrole nitrogens is 1. The summed E-state index contributed by atoms with van der Waals surface area (Å²) in [6, 6.07) is 2.49. The Morgan fingerprint density at radius 2 is 2.00 bits per heavy atom. The molecule has 122 valence electrons. The first-order valence-corrected chi connectivity index (χ1v) is 6.95. The number of pyridine rings is 1. The van der Waals surface area contributed by atoms with Crippen molar-refractivity contribution < 1.29 is 22.4 Å². The lowest BCUT2D eigenvalue weighted by Gasteiger charge is -2.29. The van der Waals surface area contributed by atoms with E-state index in [2.05, 4.69) is 4.98 Å². The second-order valence-electron chi connectivity index (χ2n) is 5.17. The molecule has 0 saturated heterocycles. The van der Waals surface area contributed by atoms with Crippen molar-refractivity contribution in [2.75, 3.05) is 6.54 Å². The van der Waals surface area contributed by atoms with Crippen LogP contribution in [0, 0.1) is 5.82 Å². The van der Waals surface area contributed by atoms with Crippen LogP contribution in [-0.4, -0.2) is 28.5 Å². The molecular weight excluding hydrogens is 340 g/mol. The summed E-state index contributed by atoms with van der Waals surface area (Å²) in [4.78, 5) is 27.0. The Bertz CT molecular complexity index is 876. The molecule has 2 aromatic rings. The Morgan fingerprint density at radius 1 is 1.30 bits per heavy atom. The quantitative estimate of drug-likeness (QED) is 0.744. The van der Waals surface area contributed by atoms with Crippen molar-refractivity contribution >= 4 is 28.4 Å². The lowest BCUT2D eigenvalue weighted by molar-refractivity contribution is -0.186. The lowest BCUT2D eigenvalue weighted by atomic mass is 10.0. The third-order valence-electron chi connectivity index (χ3n) is 3.76. The fourth-order valence-electron chi connectivity index (χ4n) is 2.64. The molecule has 0 saturated carbocycles. The number of hydrogen-bond donors (Lipinski definition) is 1. The number of aromatic nitrogens is 1. The van der Waals surface area contributed by atoms with Crippen LogP contribution in [0.1, 0.15) is 11.3 Å². The summed E-state index contributed by atoms with van der Waals surface area (Å²) in [5, 5.41) is -0.190. The van der Waals surface area contributed by atoms with Gasteiger partial charge in [-0.05, 0) is 12.1 Å². The Balaban J connectivity index is 2.11. The third kappa shape index (κ3) is 2.56. The molecule has 0 aliphatic carbocycles. The van der Waals surface area contributed by atoms with Gasteiger partial charge in [-0.25, -0.2) is 4.39 Å². The molecule has 0 unspecified atom stereocenters. The van der Waals surface area contributed by atoms with Crippen LogP contribution in [0.2, 0.25) is 5.02 Å². The minimum absolute atomic E-state index is 0.00567. The van der Waals surface area contributed by atoms with Crippen LogP contribution in [0.5, 0.6) is 0 Å². The van der Waals surface area contributed by atoms with Crippen LogP contribution >= 0.6 is 11.6 Å². The molecule has 9 heteroatoms. The summed E-state index contributed by atoms with van der Waals surface area (Å²) in [6.07, 6.45) is -5.00. The van der Waals surface area contributed by atoms with Gasteiger partial charge in [0, 0.05) is 29.6 Å². The lowest BCUT2D eigenvalue weighted by Crippen LogP contribution is -2.45. The van der Waals surface area contributed by atoms with Crippen LogP contribution in [0.4, 0.5) is 17.6 Å². The van der Waals surface area contributed by atoms with Crippen LogP contribution in [-0.2, 0) is 17.8 Å². The zero-order valence-corrected chi connectivity index (χ0v) is 12.2. The number of benzene rings is 1. The van der Waals surface area contributed by atoms with Crippen molar-refractivity contribution in [1.29, 1.82) is 0 Å². The van der Waals surface area contributed by atoms with Crippen molar-refractivity contribution in [3.63, 3.8) is 0 Å². The summed E-state index contributed by atoms with van der Waals surface area (Å²) < 4.78 is 51.6. The largest absolute Gasteiger partial charge is 0.471 e. The van der Waals surface area contributed by atoms with E-state index in [1.54, 1.807) is 0 Å². The number of nitrogens with one attached hydrogen (secondary N) is 1. The molecule has 0 atom stereocenters. The van der Waals surface area contributed by atoms with Crippen molar-refractivity contribution in [3.8, 4) is 0 Å². The zero-order valence-electron chi connectivity index (χ0n) is 11.4. The van der Waals surface area contributed by atoms with Gasteiger partial charge < -0.3 is 9.88 Å². The minimum atomic E-state index is -5.00. The molecule has 1 aliphatic heterocycles. The summed E-state index contributed by atoms with van der Waals surface area (Å²) in [5.41, 5.74) is -0.348. The highest BCUT2D eigenvalue weighted by atomic mass is 35.5. The van der Waals surface area contributed by atoms with Gasteiger partial charge in [0.05, 0.1) is 17.1 Å². The SMILES string of the molecule is O=C(N1CCc2[nH]c3c(F)c(Cl)ccc3c(=O)c2C1)C(F)(F)F. The van der Waals surface area contributed by atoms with Crippen LogP contribution in [0.3, 0.4) is 0 Å².